The molecule has 2 amide bonds. The summed E-state index contributed by atoms with van der Waals surface area (Å²) < 4.78 is 0. The van der Waals surface area contributed by atoms with Crippen molar-refractivity contribution in [1.29, 1.82) is 0 Å². The Hall–Kier alpha value is -2.28. The quantitative estimate of drug-likeness (QED) is 0.924. The third-order valence-corrected chi connectivity index (χ3v) is 5.06. The molecular formula is C17H20N4O2S. The molecule has 0 saturated carbocycles. The van der Waals surface area contributed by atoms with Crippen molar-refractivity contribution in [3.8, 4) is 0 Å². The van der Waals surface area contributed by atoms with E-state index in [2.05, 4.69) is 15.3 Å². The molecule has 24 heavy (non-hydrogen) atoms. The van der Waals surface area contributed by atoms with Crippen LogP contribution >= 0.6 is 11.3 Å². The number of rotatable bonds is 4. The Morgan fingerprint density at radius 2 is 2.25 bits per heavy atom. The Balaban J connectivity index is 1.80. The number of nitrogens with one attached hydrogen (secondary N) is 1. The molecule has 1 unspecified atom stereocenters. The number of hydrogen-bond donors (Lipinski definition) is 1. The van der Waals surface area contributed by atoms with Crippen molar-refractivity contribution in [2.75, 3.05) is 6.54 Å². The Morgan fingerprint density at radius 3 is 2.96 bits per heavy atom. The van der Waals surface area contributed by atoms with Crippen LogP contribution in [0.4, 0.5) is 0 Å². The predicted molar refractivity (Wildman–Crippen MR) is 91.6 cm³/mol. The van der Waals surface area contributed by atoms with Gasteiger partial charge >= 0.3 is 0 Å². The molecule has 3 heterocycles. The number of hydrogen-bond acceptors (Lipinski definition) is 5. The van der Waals surface area contributed by atoms with Gasteiger partial charge in [0.15, 0.2) is 0 Å². The SMILES string of the molecule is CC(=O)NCc1cccc(C2CCCN2C(=O)c2scnc2C)n1. The second-order valence-corrected chi connectivity index (χ2v) is 6.74. The number of likely N-dealkylation sites (tertiary alicyclic amines) is 1. The molecule has 0 radical (unpaired) electrons. The van der Waals surface area contributed by atoms with E-state index < -0.39 is 0 Å². The molecule has 1 atom stereocenters. The zero-order valence-electron chi connectivity index (χ0n) is 13.8. The summed E-state index contributed by atoms with van der Waals surface area (Å²) in [5.41, 5.74) is 4.17. The van der Waals surface area contributed by atoms with Gasteiger partial charge in [-0.2, -0.15) is 0 Å². The average molecular weight is 344 g/mol. The third kappa shape index (κ3) is 3.46. The van der Waals surface area contributed by atoms with E-state index in [9.17, 15) is 9.59 Å². The summed E-state index contributed by atoms with van der Waals surface area (Å²) in [4.78, 5) is 35.3. The van der Waals surface area contributed by atoms with E-state index in [1.54, 1.807) is 5.51 Å². The lowest BCUT2D eigenvalue weighted by Crippen LogP contribution is -2.31. The minimum atomic E-state index is -0.0828. The molecule has 7 heteroatoms. The van der Waals surface area contributed by atoms with E-state index in [4.69, 9.17) is 0 Å². The molecule has 1 saturated heterocycles. The van der Waals surface area contributed by atoms with Crippen LogP contribution in [0, 0.1) is 6.92 Å². The van der Waals surface area contributed by atoms with E-state index in [0.29, 0.717) is 11.4 Å². The fraction of sp³-hybridized carbons (Fsp3) is 0.412. The molecule has 6 nitrogen and oxygen atoms in total. The van der Waals surface area contributed by atoms with Crippen LogP contribution in [0.25, 0.3) is 0 Å². The first-order chi connectivity index (χ1) is 11.6. The first kappa shape index (κ1) is 16.6. The molecule has 0 bridgehead atoms. The number of nitrogens with zero attached hydrogens (tertiary/aromatic N) is 3. The molecule has 1 aliphatic rings. The van der Waals surface area contributed by atoms with Crippen molar-refractivity contribution >= 4 is 23.2 Å². The third-order valence-electron chi connectivity index (χ3n) is 4.14. The van der Waals surface area contributed by atoms with Crippen molar-refractivity contribution in [3.05, 3.63) is 45.7 Å². The Labute approximate surface area is 144 Å². The lowest BCUT2D eigenvalue weighted by molar-refractivity contribution is -0.119. The Bertz CT molecular complexity index is 759. The van der Waals surface area contributed by atoms with Gasteiger partial charge in [-0.05, 0) is 31.9 Å². The van der Waals surface area contributed by atoms with E-state index >= 15 is 0 Å². The van der Waals surface area contributed by atoms with Crippen LogP contribution in [0.3, 0.4) is 0 Å². The fourth-order valence-corrected chi connectivity index (χ4v) is 3.71. The normalized spacial score (nSPS) is 17.1. The predicted octanol–water partition coefficient (Wildman–Crippen LogP) is 2.46. The van der Waals surface area contributed by atoms with Gasteiger partial charge in [-0.15, -0.1) is 11.3 Å². The zero-order chi connectivity index (χ0) is 17.1. The molecule has 1 N–H and O–H groups in total. The number of carbonyl (C=O) groups excluding carboxylic acids is 2. The van der Waals surface area contributed by atoms with Gasteiger partial charge in [-0.25, -0.2) is 4.98 Å². The maximum absolute atomic E-state index is 12.8. The van der Waals surface area contributed by atoms with E-state index in [-0.39, 0.29) is 17.9 Å². The van der Waals surface area contributed by atoms with Crippen molar-refractivity contribution in [3.63, 3.8) is 0 Å². The number of pyridine rings is 1. The molecule has 3 rings (SSSR count). The van der Waals surface area contributed by atoms with Gasteiger partial charge in [0.25, 0.3) is 5.91 Å². The van der Waals surface area contributed by atoms with Gasteiger partial charge in [0, 0.05) is 13.5 Å². The minimum absolute atomic E-state index is 0.0173. The van der Waals surface area contributed by atoms with Crippen LogP contribution < -0.4 is 5.32 Å². The number of aryl methyl sites for hydroxylation is 1. The maximum Gasteiger partial charge on any atom is 0.266 e. The zero-order valence-corrected chi connectivity index (χ0v) is 14.6. The van der Waals surface area contributed by atoms with Gasteiger partial charge in [0.1, 0.15) is 4.88 Å². The first-order valence-corrected chi connectivity index (χ1v) is 8.85. The Morgan fingerprint density at radius 1 is 1.42 bits per heavy atom. The van der Waals surface area contributed by atoms with Gasteiger partial charge in [-0.1, -0.05) is 6.07 Å². The summed E-state index contributed by atoms with van der Waals surface area (Å²) in [6, 6.07) is 5.75. The molecule has 0 aromatic carbocycles. The summed E-state index contributed by atoms with van der Waals surface area (Å²) in [5, 5.41) is 2.75. The molecule has 2 aromatic rings. The summed E-state index contributed by atoms with van der Waals surface area (Å²) in [5.74, 6) is -0.0490. The monoisotopic (exact) mass is 344 g/mol. The van der Waals surface area contributed by atoms with Crippen LogP contribution in [0.5, 0.6) is 0 Å². The lowest BCUT2D eigenvalue weighted by atomic mass is 10.1. The molecule has 1 aliphatic heterocycles. The van der Waals surface area contributed by atoms with E-state index in [1.807, 2.05) is 30.0 Å². The Kier molecular flexibility index (Phi) is 4.89. The maximum atomic E-state index is 12.8. The summed E-state index contributed by atoms with van der Waals surface area (Å²) in [6.45, 7) is 4.48. The second kappa shape index (κ2) is 7.09. The van der Waals surface area contributed by atoms with Gasteiger partial charge in [0.05, 0.1) is 35.2 Å². The number of thiazole rings is 1. The molecule has 126 valence electrons. The largest absolute Gasteiger partial charge is 0.351 e. The first-order valence-electron chi connectivity index (χ1n) is 7.97. The van der Waals surface area contributed by atoms with Crippen molar-refractivity contribution in [1.82, 2.24) is 20.2 Å². The highest BCUT2D eigenvalue weighted by Crippen LogP contribution is 2.33. The number of amides is 2. The number of aromatic nitrogens is 2. The highest BCUT2D eigenvalue weighted by atomic mass is 32.1. The molecular weight excluding hydrogens is 324 g/mol. The minimum Gasteiger partial charge on any atom is -0.351 e. The topological polar surface area (TPSA) is 75.2 Å². The van der Waals surface area contributed by atoms with Gasteiger partial charge in [0.2, 0.25) is 5.91 Å². The average Bonchev–Trinajstić information content (AvgIpc) is 3.21. The number of carbonyl (C=O) groups is 2. The van der Waals surface area contributed by atoms with Crippen LogP contribution in [0.15, 0.2) is 23.7 Å². The highest BCUT2D eigenvalue weighted by Gasteiger charge is 2.32. The second-order valence-electron chi connectivity index (χ2n) is 5.89. The fourth-order valence-electron chi connectivity index (χ4n) is 2.95. The summed E-state index contributed by atoms with van der Waals surface area (Å²) in [6.07, 6.45) is 1.87. The standard InChI is InChI=1S/C17H20N4O2S/c1-11-16(24-10-19-11)17(23)21-8-4-7-15(21)14-6-3-5-13(20-14)9-18-12(2)22/h3,5-6,10,15H,4,7-9H2,1-2H3,(H,18,22). The van der Waals surface area contributed by atoms with Crippen molar-refractivity contribution in [2.45, 2.75) is 39.3 Å². The summed E-state index contributed by atoms with van der Waals surface area (Å²) >= 11 is 1.39. The molecule has 2 aromatic heterocycles. The van der Waals surface area contributed by atoms with E-state index in [1.165, 1.54) is 18.3 Å². The van der Waals surface area contributed by atoms with Gasteiger partial charge < -0.3 is 10.2 Å². The van der Waals surface area contributed by atoms with Crippen molar-refractivity contribution in [2.24, 2.45) is 0 Å². The van der Waals surface area contributed by atoms with Crippen molar-refractivity contribution < 1.29 is 9.59 Å². The van der Waals surface area contributed by atoms with Crippen LogP contribution in [0.1, 0.15) is 52.6 Å². The van der Waals surface area contributed by atoms with Crippen LogP contribution in [-0.4, -0.2) is 33.2 Å². The molecule has 0 spiro atoms. The van der Waals surface area contributed by atoms with E-state index in [0.717, 1.165) is 36.5 Å². The lowest BCUT2D eigenvalue weighted by Gasteiger charge is -2.24. The molecule has 0 aliphatic carbocycles. The van der Waals surface area contributed by atoms with Gasteiger partial charge in [-0.3, -0.25) is 14.6 Å². The highest BCUT2D eigenvalue weighted by molar-refractivity contribution is 7.11. The summed E-state index contributed by atoms with van der Waals surface area (Å²) in [7, 11) is 0. The van der Waals surface area contributed by atoms with Crippen LogP contribution in [-0.2, 0) is 11.3 Å². The van der Waals surface area contributed by atoms with Crippen LogP contribution in [0.2, 0.25) is 0 Å². The smallest absolute Gasteiger partial charge is 0.266 e. The molecule has 1 fully saturated rings.